The van der Waals surface area contributed by atoms with Crippen molar-refractivity contribution in [1.29, 1.82) is 0 Å². The smallest absolute Gasteiger partial charge is 0.0665 e. The number of benzene rings is 1. The van der Waals surface area contributed by atoms with Crippen LogP contribution in [0, 0.1) is 0 Å². The number of anilines is 1. The fourth-order valence-corrected chi connectivity index (χ4v) is 2.58. The first kappa shape index (κ1) is 10.1. The Morgan fingerprint density at radius 3 is 3.19 bits per heavy atom. The Bertz CT molecular complexity index is 393. The molecule has 3 rings (SSSR count). The predicted molar refractivity (Wildman–Crippen MR) is 64.6 cm³/mol. The summed E-state index contributed by atoms with van der Waals surface area (Å²) in [5.74, 6) is 0. The highest BCUT2D eigenvalue weighted by molar-refractivity contribution is 5.52. The quantitative estimate of drug-likeness (QED) is 0.717. The monoisotopic (exact) mass is 218 g/mol. The summed E-state index contributed by atoms with van der Waals surface area (Å²) in [6.07, 6.45) is 0. The molecule has 0 saturated carbocycles. The molecule has 1 fully saturated rings. The lowest BCUT2D eigenvalue weighted by Crippen LogP contribution is -2.57. The van der Waals surface area contributed by atoms with Gasteiger partial charge in [-0.1, -0.05) is 18.2 Å². The summed E-state index contributed by atoms with van der Waals surface area (Å²) >= 11 is 0. The van der Waals surface area contributed by atoms with E-state index in [1.165, 1.54) is 11.3 Å². The van der Waals surface area contributed by atoms with Crippen molar-refractivity contribution >= 4 is 5.69 Å². The Kier molecular flexibility index (Phi) is 2.37. The molecule has 16 heavy (non-hydrogen) atoms. The first-order valence-corrected chi connectivity index (χ1v) is 5.92. The molecule has 3 heteroatoms. The van der Waals surface area contributed by atoms with Gasteiger partial charge in [-0.05, 0) is 18.6 Å². The van der Waals surface area contributed by atoms with Crippen molar-refractivity contribution in [3.8, 4) is 0 Å². The molecule has 0 amide bonds. The van der Waals surface area contributed by atoms with Gasteiger partial charge in [-0.15, -0.1) is 0 Å². The SMILES string of the molecule is C[C@@]12CNc3ccccc3CN1CCOC2. The maximum absolute atomic E-state index is 5.61. The van der Waals surface area contributed by atoms with Gasteiger partial charge in [0.05, 0.1) is 18.8 Å². The van der Waals surface area contributed by atoms with Crippen LogP contribution in [0.2, 0.25) is 0 Å². The Labute approximate surface area is 96.4 Å². The van der Waals surface area contributed by atoms with Gasteiger partial charge in [0.2, 0.25) is 0 Å². The second kappa shape index (κ2) is 3.75. The molecule has 1 saturated heterocycles. The molecule has 1 atom stereocenters. The van der Waals surface area contributed by atoms with Gasteiger partial charge in [0.25, 0.3) is 0 Å². The molecule has 3 nitrogen and oxygen atoms in total. The Balaban J connectivity index is 1.94. The Morgan fingerprint density at radius 2 is 2.25 bits per heavy atom. The van der Waals surface area contributed by atoms with Crippen molar-refractivity contribution in [2.75, 3.05) is 31.6 Å². The molecule has 1 aromatic carbocycles. The van der Waals surface area contributed by atoms with Gasteiger partial charge in [0.1, 0.15) is 0 Å². The minimum atomic E-state index is 0.136. The van der Waals surface area contributed by atoms with E-state index in [-0.39, 0.29) is 5.54 Å². The molecule has 0 radical (unpaired) electrons. The zero-order valence-electron chi connectivity index (χ0n) is 9.70. The molecule has 0 spiro atoms. The normalized spacial score (nSPS) is 29.8. The Morgan fingerprint density at radius 1 is 1.38 bits per heavy atom. The number of ether oxygens (including phenoxy) is 1. The van der Waals surface area contributed by atoms with Gasteiger partial charge in [0.15, 0.2) is 0 Å². The van der Waals surface area contributed by atoms with Crippen LogP contribution >= 0.6 is 0 Å². The maximum atomic E-state index is 5.61. The van der Waals surface area contributed by atoms with E-state index in [1.54, 1.807) is 0 Å². The van der Waals surface area contributed by atoms with Gasteiger partial charge in [0, 0.05) is 25.3 Å². The number of hydrogen-bond donors (Lipinski definition) is 1. The molecule has 1 aromatic rings. The third-order valence-electron chi connectivity index (χ3n) is 3.72. The minimum Gasteiger partial charge on any atom is -0.383 e. The highest BCUT2D eigenvalue weighted by Gasteiger charge is 2.37. The van der Waals surface area contributed by atoms with Gasteiger partial charge in [-0.3, -0.25) is 4.90 Å². The zero-order chi connectivity index (χ0) is 11.0. The van der Waals surface area contributed by atoms with Crippen LogP contribution in [0.4, 0.5) is 5.69 Å². The van der Waals surface area contributed by atoms with E-state index in [9.17, 15) is 0 Å². The Hall–Kier alpha value is -1.06. The molecule has 1 N–H and O–H groups in total. The number of hydrogen-bond acceptors (Lipinski definition) is 3. The van der Waals surface area contributed by atoms with Gasteiger partial charge in [-0.2, -0.15) is 0 Å². The summed E-state index contributed by atoms with van der Waals surface area (Å²) in [6, 6.07) is 8.58. The number of para-hydroxylation sites is 1. The summed E-state index contributed by atoms with van der Waals surface area (Å²) in [6.45, 7) is 7.00. The number of rotatable bonds is 0. The molecule has 86 valence electrons. The molecule has 0 unspecified atom stereocenters. The lowest BCUT2D eigenvalue weighted by Gasteiger charge is -2.43. The molecule has 0 bridgehead atoms. The maximum Gasteiger partial charge on any atom is 0.0665 e. The van der Waals surface area contributed by atoms with Crippen molar-refractivity contribution < 1.29 is 4.74 Å². The van der Waals surface area contributed by atoms with Crippen molar-refractivity contribution in [2.45, 2.75) is 19.0 Å². The van der Waals surface area contributed by atoms with Crippen molar-refractivity contribution in [3.05, 3.63) is 29.8 Å². The molecule has 2 aliphatic rings. The lowest BCUT2D eigenvalue weighted by molar-refractivity contribution is -0.0563. The van der Waals surface area contributed by atoms with Crippen LogP contribution in [0.3, 0.4) is 0 Å². The predicted octanol–water partition coefficient (Wildman–Crippen LogP) is 1.70. The fraction of sp³-hybridized carbons (Fsp3) is 0.538. The highest BCUT2D eigenvalue weighted by atomic mass is 16.5. The van der Waals surface area contributed by atoms with Crippen LogP contribution < -0.4 is 5.32 Å². The lowest BCUT2D eigenvalue weighted by atomic mass is 10.00. The van der Waals surface area contributed by atoms with Crippen LogP contribution in [0.15, 0.2) is 24.3 Å². The van der Waals surface area contributed by atoms with Crippen LogP contribution in [0.5, 0.6) is 0 Å². The highest BCUT2D eigenvalue weighted by Crippen LogP contribution is 2.29. The molecule has 0 aliphatic carbocycles. The number of nitrogens with one attached hydrogen (secondary N) is 1. The van der Waals surface area contributed by atoms with Crippen LogP contribution in [0.1, 0.15) is 12.5 Å². The molecule has 2 heterocycles. The summed E-state index contributed by atoms with van der Waals surface area (Å²) in [4.78, 5) is 2.54. The second-order valence-electron chi connectivity index (χ2n) is 4.98. The van der Waals surface area contributed by atoms with E-state index >= 15 is 0 Å². The van der Waals surface area contributed by atoms with Gasteiger partial charge in [-0.25, -0.2) is 0 Å². The zero-order valence-corrected chi connectivity index (χ0v) is 9.70. The topological polar surface area (TPSA) is 24.5 Å². The first-order chi connectivity index (χ1) is 7.78. The van der Waals surface area contributed by atoms with E-state index in [0.29, 0.717) is 0 Å². The van der Waals surface area contributed by atoms with Crippen molar-refractivity contribution in [2.24, 2.45) is 0 Å². The van der Waals surface area contributed by atoms with Crippen molar-refractivity contribution in [3.63, 3.8) is 0 Å². The third-order valence-corrected chi connectivity index (χ3v) is 3.72. The molecule has 0 aromatic heterocycles. The van der Waals surface area contributed by atoms with E-state index < -0.39 is 0 Å². The van der Waals surface area contributed by atoms with E-state index in [4.69, 9.17) is 4.74 Å². The third kappa shape index (κ3) is 1.60. The number of nitrogens with zero attached hydrogens (tertiary/aromatic N) is 1. The van der Waals surface area contributed by atoms with Crippen LogP contribution in [-0.2, 0) is 11.3 Å². The first-order valence-electron chi connectivity index (χ1n) is 5.92. The second-order valence-corrected chi connectivity index (χ2v) is 4.98. The molecular weight excluding hydrogens is 200 g/mol. The summed E-state index contributed by atoms with van der Waals surface area (Å²) in [5.41, 5.74) is 2.81. The fourth-order valence-electron chi connectivity index (χ4n) is 2.58. The van der Waals surface area contributed by atoms with Gasteiger partial charge >= 0.3 is 0 Å². The van der Waals surface area contributed by atoms with Crippen LogP contribution in [0.25, 0.3) is 0 Å². The minimum absolute atomic E-state index is 0.136. The largest absolute Gasteiger partial charge is 0.383 e. The number of morpholine rings is 1. The average molecular weight is 218 g/mol. The summed E-state index contributed by atoms with van der Waals surface area (Å²) in [5, 5.41) is 3.54. The summed E-state index contributed by atoms with van der Waals surface area (Å²) in [7, 11) is 0. The molecular formula is C13H18N2O. The van der Waals surface area contributed by atoms with Crippen LogP contribution in [-0.4, -0.2) is 36.7 Å². The van der Waals surface area contributed by atoms with E-state index in [1.807, 2.05) is 0 Å². The average Bonchev–Trinajstić information content (AvgIpc) is 2.45. The van der Waals surface area contributed by atoms with E-state index in [0.717, 1.165) is 32.8 Å². The van der Waals surface area contributed by atoms with Crippen molar-refractivity contribution in [1.82, 2.24) is 4.90 Å². The standard InChI is InChI=1S/C13H18N2O/c1-13-9-14-12-5-3-2-4-11(12)8-15(13)6-7-16-10-13/h2-5,14H,6-10H2,1H3/t13-/m0/s1. The number of fused-ring (bicyclic) bond motifs is 2. The summed E-state index contributed by atoms with van der Waals surface area (Å²) < 4.78 is 5.61. The van der Waals surface area contributed by atoms with E-state index in [2.05, 4.69) is 41.4 Å². The van der Waals surface area contributed by atoms with Gasteiger partial charge < -0.3 is 10.1 Å². The molecule has 2 aliphatic heterocycles.